The smallest absolute Gasteiger partial charge is 0.320 e. The summed E-state index contributed by atoms with van der Waals surface area (Å²) in [4.78, 5) is 10.8. The third kappa shape index (κ3) is 6.04. The Balaban J connectivity index is 2.59. The van der Waals surface area contributed by atoms with Crippen molar-refractivity contribution in [1.29, 1.82) is 0 Å². The van der Waals surface area contributed by atoms with E-state index >= 15 is 0 Å². The van der Waals surface area contributed by atoms with E-state index < -0.39 is 12.0 Å². The van der Waals surface area contributed by atoms with Crippen LogP contribution in [0.4, 0.5) is 0 Å². The van der Waals surface area contributed by atoms with Gasteiger partial charge in [0, 0.05) is 0 Å². The quantitative estimate of drug-likeness (QED) is 0.648. The lowest BCUT2D eigenvalue weighted by Crippen LogP contribution is -2.32. The van der Waals surface area contributed by atoms with Crippen LogP contribution in [0.5, 0.6) is 11.5 Å². The average Bonchev–Trinajstić information content (AvgIpc) is 2.47. The van der Waals surface area contributed by atoms with Gasteiger partial charge in [-0.05, 0) is 30.5 Å². The summed E-state index contributed by atoms with van der Waals surface area (Å²) >= 11 is 0. The highest BCUT2D eigenvalue weighted by Crippen LogP contribution is 2.28. The minimum atomic E-state index is -1.01. The minimum Gasteiger partial charge on any atom is -0.493 e. The molecule has 0 spiro atoms. The zero-order valence-corrected chi connectivity index (χ0v) is 12.8. The lowest BCUT2D eigenvalue weighted by molar-refractivity contribution is -0.138. The summed E-state index contributed by atoms with van der Waals surface area (Å²) in [5.41, 5.74) is 6.35. The van der Waals surface area contributed by atoms with Crippen LogP contribution in [0.15, 0.2) is 18.2 Å². The van der Waals surface area contributed by atoms with Crippen LogP contribution in [0.1, 0.15) is 38.2 Å². The maximum absolute atomic E-state index is 10.8. The molecule has 1 atom stereocenters. The topological polar surface area (TPSA) is 81.8 Å². The Morgan fingerprint density at radius 2 is 2.05 bits per heavy atom. The molecule has 21 heavy (non-hydrogen) atoms. The lowest BCUT2D eigenvalue weighted by Gasteiger charge is -2.13. The highest BCUT2D eigenvalue weighted by atomic mass is 16.5. The van der Waals surface area contributed by atoms with Gasteiger partial charge < -0.3 is 20.3 Å². The van der Waals surface area contributed by atoms with E-state index in [1.165, 1.54) is 12.8 Å². The van der Waals surface area contributed by atoms with Crippen molar-refractivity contribution in [3.8, 4) is 11.5 Å². The van der Waals surface area contributed by atoms with E-state index in [-0.39, 0.29) is 6.42 Å². The zero-order chi connectivity index (χ0) is 15.7. The van der Waals surface area contributed by atoms with E-state index in [2.05, 4.69) is 6.92 Å². The van der Waals surface area contributed by atoms with Gasteiger partial charge in [0.25, 0.3) is 0 Å². The van der Waals surface area contributed by atoms with Crippen molar-refractivity contribution in [1.82, 2.24) is 0 Å². The summed E-state index contributed by atoms with van der Waals surface area (Å²) < 4.78 is 11.0. The van der Waals surface area contributed by atoms with Crippen LogP contribution in [0, 0.1) is 0 Å². The molecule has 5 heteroatoms. The van der Waals surface area contributed by atoms with Crippen LogP contribution in [-0.4, -0.2) is 30.8 Å². The van der Waals surface area contributed by atoms with Crippen molar-refractivity contribution in [2.24, 2.45) is 5.73 Å². The fourth-order valence-corrected chi connectivity index (χ4v) is 2.01. The van der Waals surface area contributed by atoms with Gasteiger partial charge in [0.2, 0.25) is 0 Å². The first-order valence-electron chi connectivity index (χ1n) is 7.36. The van der Waals surface area contributed by atoms with Gasteiger partial charge in [0.15, 0.2) is 11.5 Å². The molecule has 0 amide bonds. The Labute approximate surface area is 126 Å². The third-order valence-electron chi connectivity index (χ3n) is 3.26. The SMILES string of the molecule is CCCCCCOc1ccc(CC(N)C(=O)O)cc1OC. The number of carbonyl (C=O) groups is 1. The Morgan fingerprint density at radius 1 is 1.29 bits per heavy atom. The molecule has 1 aromatic carbocycles. The first-order valence-corrected chi connectivity index (χ1v) is 7.36. The van der Waals surface area contributed by atoms with Gasteiger partial charge in [-0.3, -0.25) is 4.79 Å². The van der Waals surface area contributed by atoms with E-state index in [0.717, 1.165) is 18.4 Å². The summed E-state index contributed by atoms with van der Waals surface area (Å²) in [6.07, 6.45) is 4.85. The largest absolute Gasteiger partial charge is 0.493 e. The molecule has 1 rings (SSSR count). The van der Waals surface area contributed by atoms with E-state index in [0.29, 0.717) is 18.1 Å². The number of hydrogen-bond donors (Lipinski definition) is 2. The number of ether oxygens (including phenoxy) is 2. The first kappa shape index (κ1) is 17.3. The maximum atomic E-state index is 10.8. The molecule has 0 saturated carbocycles. The van der Waals surface area contributed by atoms with Gasteiger partial charge in [-0.1, -0.05) is 32.3 Å². The van der Waals surface area contributed by atoms with E-state index in [1.807, 2.05) is 12.1 Å². The van der Waals surface area contributed by atoms with Crippen molar-refractivity contribution >= 4 is 5.97 Å². The van der Waals surface area contributed by atoms with Gasteiger partial charge in [-0.2, -0.15) is 0 Å². The number of unbranched alkanes of at least 4 members (excludes halogenated alkanes) is 3. The number of aliphatic carboxylic acids is 1. The molecule has 1 aromatic rings. The number of carboxylic acid groups (broad SMARTS) is 1. The number of benzene rings is 1. The molecule has 0 bridgehead atoms. The molecular weight excluding hydrogens is 270 g/mol. The zero-order valence-electron chi connectivity index (χ0n) is 12.8. The number of hydrogen-bond acceptors (Lipinski definition) is 4. The molecule has 0 radical (unpaired) electrons. The molecule has 0 aliphatic rings. The van der Waals surface area contributed by atoms with Crippen LogP contribution in [0.3, 0.4) is 0 Å². The number of carboxylic acids is 1. The molecular formula is C16H25NO4. The predicted molar refractivity (Wildman–Crippen MR) is 81.9 cm³/mol. The van der Waals surface area contributed by atoms with Gasteiger partial charge in [-0.15, -0.1) is 0 Å². The van der Waals surface area contributed by atoms with Crippen LogP contribution >= 0.6 is 0 Å². The van der Waals surface area contributed by atoms with E-state index in [1.54, 1.807) is 13.2 Å². The van der Waals surface area contributed by atoms with Gasteiger partial charge in [-0.25, -0.2) is 0 Å². The van der Waals surface area contributed by atoms with Crippen LogP contribution in [0.2, 0.25) is 0 Å². The monoisotopic (exact) mass is 295 g/mol. The predicted octanol–water partition coefficient (Wildman–Crippen LogP) is 2.61. The summed E-state index contributed by atoms with van der Waals surface area (Å²) in [5, 5.41) is 8.83. The summed E-state index contributed by atoms with van der Waals surface area (Å²) in [5.74, 6) is 0.285. The molecule has 0 aliphatic heterocycles. The fourth-order valence-electron chi connectivity index (χ4n) is 2.01. The van der Waals surface area contributed by atoms with E-state index in [9.17, 15) is 4.79 Å². The highest BCUT2D eigenvalue weighted by Gasteiger charge is 2.14. The Hall–Kier alpha value is -1.75. The average molecular weight is 295 g/mol. The molecule has 1 unspecified atom stereocenters. The van der Waals surface area contributed by atoms with Gasteiger partial charge in [0.1, 0.15) is 6.04 Å². The molecule has 0 saturated heterocycles. The lowest BCUT2D eigenvalue weighted by atomic mass is 10.1. The van der Waals surface area contributed by atoms with E-state index in [4.69, 9.17) is 20.3 Å². The van der Waals surface area contributed by atoms with Gasteiger partial charge in [0.05, 0.1) is 13.7 Å². The normalized spacial score (nSPS) is 12.0. The maximum Gasteiger partial charge on any atom is 0.320 e. The number of nitrogens with two attached hydrogens (primary N) is 1. The highest BCUT2D eigenvalue weighted by molar-refractivity contribution is 5.73. The van der Waals surface area contributed by atoms with Crippen molar-refractivity contribution in [3.05, 3.63) is 23.8 Å². The summed E-state index contributed by atoms with van der Waals surface area (Å²) in [6.45, 7) is 2.83. The fraction of sp³-hybridized carbons (Fsp3) is 0.562. The standard InChI is InChI=1S/C16H25NO4/c1-3-4-5-6-9-21-14-8-7-12(11-15(14)20-2)10-13(17)16(18)19/h7-8,11,13H,3-6,9-10,17H2,1-2H3,(H,18,19). The second kappa shape index (κ2) is 9.23. The third-order valence-corrected chi connectivity index (χ3v) is 3.26. The number of methoxy groups -OCH3 is 1. The first-order chi connectivity index (χ1) is 10.1. The molecule has 0 fully saturated rings. The minimum absolute atomic E-state index is 0.266. The summed E-state index contributed by atoms with van der Waals surface area (Å²) in [7, 11) is 1.57. The van der Waals surface area contributed by atoms with Crippen LogP contribution < -0.4 is 15.2 Å². The van der Waals surface area contributed by atoms with Crippen LogP contribution in [-0.2, 0) is 11.2 Å². The second-order valence-electron chi connectivity index (χ2n) is 5.04. The molecule has 3 N–H and O–H groups in total. The molecule has 0 heterocycles. The molecule has 118 valence electrons. The Bertz CT molecular complexity index is 448. The van der Waals surface area contributed by atoms with Crippen molar-refractivity contribution in [2.75, 3.05) is 13.7 Å². The Morgan fingerprint density at radius 3 is 2.67 bits per heavy atom. The van der Waals surface area contributed by atoms with Crippen molar-refractivity contribution in [2.45, 2.75) is 45.1 Å². The second-order valence-corrected chi connectivity index (χ2v) is 5.04. The van der Waals surface area contributed by atoms with Crippen molar-refractivity contribution < 1.29 is 19.4 Å². The molecule has 5 nitrogen and oxygen atoms in total. The van der Waals surface area contributed by atoms with Crippen LogP contribution in [0.25, 0.3) is 0 Å². The summed E-state index contributed by atoms with van der Waals surface area (Å²) in [6, 6.07) is 4.51. The Kier molecular flexibility index (Phi) is 7.61. The molecule has 0 aromatic heterocycles. The molecule has 0 aliphatic carbocycles. The van der Waals surface area contributed by atoms with Crippen molar-refractivity contribution in [3.63, 3.8) is 0 Å². The van der Waals surface area contributed by atoms with Gasteiger partial charge >= 0.3 is 5.97 Å². The number of rotatable bonds is 10.